The van der Waals surface area contributed by atoms with E-state index in [-0.39, 0.29) is 5.69 Å². The number of rotatable bonds is 4. The van der Waals surface area contributed by atoms with Crippen LogP contribution in [0.25, 0.3) is 10.9 Å². The molecule has 148 valence electrons. The second-order valence-electron chi connectivity index (χ2n) is 7.34. The van der Waals surface area contributed by atoms with E-state index in [1.54, 1.807) is 18.3 Å². The number of non-ortho nitro benzene ring substituents is 1. The monoisotopic (exact) mass is 394 g/mol. The van der Waals surface area contributed by atoms with Gasteiger partial charge in [0.05, 0.1) is 4.92 Å². The van der Waals surface area contributed by atoms with Gasteiger partial charge >= 0.3 is 11.9 Å². The summed E-state index contributed by atoms with van der Waals surface area (Å²) >= 11 is 0. The summed E-state index contributed by atoms with van der Waals surface area (Å²) in [5.74, 6) is -4.70. The van der Waals surface area contributed by atoms with Gasteiger partial charge in [-0.2, -0.15) is 0 Å². The number of para-hydroxylation sites is 1. The van der Waals surface area contributed by atoms with Crippen molar-refractivity contribution in [2.24, 2.45) is 5.92 Å². The van der Waals surface area contributed by atoms with Gasteiger partial charge in [0.1, 0.15) is 0 Å². The Balaban J connectivity index is 1.87. The highest BCUT2D eigenvalue weighted by atomic mass is 16.7. The molecule has 1 saturated heterocycles. The van der Waals surface area contributed by atoms with Crippen LogP contribution in [0, 0.1) is 16.0 Å². The maximum Gasteiger partial charge on any atom is 0.324 e. The van der Waals surface area contributed by atoms with Crippen LogP contribution in [-0.2, 0) is 19.1 Å². The fraction of sp³-hybridized carbons (Fsp3) is 0.238. The van der Waals surface area contributed by atoms with Gasteiger partial charge in [0, 0.05) is 49.0 Å². The Bertz CT molecular complexity index is 1100. The number of nitro benzene ring substituents is 1. The van der Waals surface area contributed by atoms with Crippen LogP contribution in [0.2, 0.25) is 0 Å². The zero-order valence-corrected chi connectivity index (χ0v) is 15.7. The van der Waals surface area contributed by atoms with E-state index in [9.17, 15) is 19.7 Å². The lowest BCUT2D eigenvalue weighted by atomic mass is 9.80. The summed E-state index contributed by atoms with van der Waals surface area (Å²) in [7, 11) is 0. The van der Waals surface area contributed by atoms with Crippen molar-refractivity contribution in [1.29, 1.82) is 0 Å². The van der Waals surface area contributed by atoms with Gasteiger partial charge in [0.2, 0.25) is 0 Å². The highest BCUT2D eigenvalue weighted by Gasteiger charge is 2.48. The molecule has 2 heterocycles. The SMILES string of the molecule is CC1(C)OC(=O)C(C(c2ccc([N+](=O)[O-])cc2)c2c[nH]c3ccccc23)C(=O)O1. The van der Waals surface area contributed by atoms with Crippen LogP contribution >= 0.6 is 0 Å². The van der Waals surface area contributed by atoms with Crippen LogP contribution in [0.15, 0.2) is 54.7 Å². The molecule has 4 rings (SSSR count). The van der Waals surface area contributed by atoms with Gasteiger partial charge in [-0.1, -0.05) is 30.3 Å². The normalized spacial score (nSPS) is 17.6. The summed E-state index contributed by atoms with van der Waals surface area (Å²) in [6.45, 7) is 2.98. The molecule has 8 nitrogen and oxygen atoms in total. The fourth-order valence-electron chi connectivity index (χ4n) is 3.71. The Morgan fingerprint density at radius 2 is 1.66 bits per heavy atom. The number of carbonyl (C=O) groups is 2. The first-order chi connectivity index (χ1) is 13.8. The number of H-pyrrole nitrogens is 1. The molecule has 0 radical (unpaired) electrons. The molecule has 0 spiro atoms. The Hall–Kier alpha value is -3.68. The highest BCUT2D eigenvalue weighted by Crippen LogP contribution is 2.41. The number of benzene rings is 2. The number of cyclic esters (lactones) is 2. The van der Waals surface area contributed by atoms with Crippen LogP contribution in [0.5, 0.6) is 0 Å². The molecular weight excluding hydrogens is 376 g/mol. The van der Waals surface area contributed by atoms with Crippen LogP contribution in [0.3, 0.4) is 0 Å². The minimum Gasteiger partial charge on any atom is -0.422 e. The standard InChI is InChI=1S/C21H18N2O6/c1-21(2)28-19(24)18(20(25)29-21)17(12-7-9-13(10-8-12)23(26)27)15-11-22-16-6-4-3-5-14(15)16/h3-11,17-18,22H,1-2H3. The van der Waals surface area contributed by atoms with Crippen molar-refractivity contribution >= 4 is 28.5 Å². The number of hydrogen-bond acceptors (Lipinski definition) is 6. The van der Waals surface area contributed by atoms with Crippen LogP contribution in [0.1, 0.15) is 30.9 Å². The van der Waals surface area contributed by atoms with E-state index in [4.69, 9.17) is 9.47 Å². The van der Waals surface area contributed by atoms with Crippen molar-refractivity contribution in [3.8, 4) is 0 Å². The predicted octanol–water partition coefficient (Wildman–Crippen LogP) is 3.66. The molecule has 1 aliphatic rings. The van der Waals surface area contributed by atoms with Gasteiger partial charge in [-0.05, 0) is 17.2 Å². The van der Waals surface area contributed by atoms with Gasteiger partial charge in [-0.15, -0.1) is 0 Å². The molecule has 1 atom stereocenters. The molecule has 8 heteroatoms. The predicted molar refractivity (Wildman–Crippen MR) is 103 cm³/mol. The zero-order valence-electron chi connectivity index (χ0n) is 15.7. The largest absolute Gasteiger partial charge is 0.422 e. The number of hydrogen-bond donors (Lipinski definition) is 1. The summed E-state index contributed by atoms with van der Waals surface area (Å²) in [5.41, 5.74) is 2.03. The third-order valence-electron chi connectivity index (χ3n) is 4.95. The Morgan fingerprint density at radius 1 is 1.03 bits per heavy atom. The van der Waals surface area contributed by atoms with Gasteiger partial charge in [-0.25, -0.2) is 0 Å². The second kappa shape index (κ2) is 6.73. The topological polar surface area (TPSA) is 112 Å². The van der Waals surface area contributed by atoms with Crippen molar-refractivity contribution < 1.29 is 24.0 Å². The van der Waals surface area contributed by atoms with Crippen LogP contribution in [0.4, 0.5) is 5.69 Å². The van der Waals surface area contributed by atoms with E-state index >= 15 is 0 Å². The average molecular weight is 394 g/mol. The summed E-state index contributed by atoms with van der Waals surface area (Å²) in [6, 6.07) is 13.3. The van der Waals surface area contributed by atoms with Crippen LogP contribution in [-0.4, -0.2) is 27.6 Å². The molecule has 1 unspecified atom stereocenters. The minimum absolute atomic E-state index is 0.0821. The summed E-state index contributed by atoms with van der Waals surface area (Å²) in [6.07, 6.45) is 1.73. The molecule has 0 saturated carbocycles. The number of carbonyl (C=O) groups excluding carboxylic acids is 2. The number of nitro groups is 1. The van der Waals surface area contributed by atoms with Crippen molar-refractivity contribution in [3.05, 3.63) is 76.0 Å². The molecular formula is C21H18N2O6. The average Bonchev–Trinajstić information content (AvgIpc) is 3.08. The molecule has 1 aliphatic heterocycles. The van der Waals surface area contributed by atoms with E-state index in [1.165, 1.54) is 26.0 Å². The summed E-state index contributed by atoms with van der Waals surface area (Å²) in [5, 5.41) is 11.8. The first-order valence-electron chi connectivity index (χ1n) is 9.03. The molecule has 2 aromatic carbocycles. The third-order valence-corrected chi connectivity index (χ3v) is 4.95. The third kappa shape index (κ3) is 3.33. The number of aromatic nitrogens is 1. The molecule has 0 aliphatic carbocycles. The van der Waals surface area contributed by atoms with Crippen molar-refractivity contribution in [1.82, 2.24) is 4.98 Å². The van der Waals surface area contributed by atoms with Gasteiger partial charge in [0.15, 0.2) is 5.92 Å². The molecule has 0 bridgehead atoms. The molecule has 29 heavy (non-hydrogen) atoms. The minimum atomic E-state index is -1.34. The number of aromatic amines is 1. The Morgan fingerprint density at radius 3 is 2.28 bits per heavy atom. The number of fused-ring (bicyclic) bond motifs is 1. The highest BCUT2D eigenvalue weighted by molar-refractivity contribution is 5.99. The molecule has 1 fully saturated rings. The lowest BCUT2D eigenvalue weighted by molar-refractivity contribution is -0.384. The quantitative estimate of drug-likeness (QED) is 0.313. The lowest BCUT2D eigenvalue weighted by Gasteiger charge is -2.36. The van der Waals surface area contributed by atoms with E-state index in [1.807, 2.05) is 24.3 Å². The van der Waals surface area contributed by atoms with Crippen molar-refractivity contribution in [2.75, 3.05) is 0 Å². The zero-order chi connectivity index (χ0) is 20.8. The first-order valence-corrected chi connectivity index (χ1v) is 9.03. The van der Waals surface area contributed by atoms with Crippen molar-refractivity contribution in [2.45, 2.75) is 25.6 Å². The van der Waals surface area contributed by atoms with Gasteiger partial charge in [-0.3, -0.25) is 19.7 Å². The number of esters is 2. The van der Waals surface area contributed by atoms with Crippen LogP contribution < -0.4 is 0 Å². The summed E-state index contributed by atoms with van der Waals surface area (Å²) < 4.78 is 10.7. The van der Waals surface area contributed by atoms with E-state index in [0.29, 0.717) is 11.1 Å². The number of ether oxygens (including phenoxy) is 2. The summed E-state index contributed by atoms with van der Waals surface area (Å²) in [4.78, 5) is 39.3. The van der Waals surface area contributed by atoms with E-state index < -0.39 is 34.5 Å². The van der Waals surface area contributed by atoms with Gasteiger partial charge < -0.3 is 14.5 Å². The molecule has 0 amide bonds. The number of nitrogens with zero attached hydrogens (tertiary/aromatic N) is 1. The first kappa shape index (κ1) is 18.7. The van der Waals surface area contributed by atoms with E-state index in [0.717, 1.165) is 10.9 Å². The van der Waals surface area contributed by atoms with Gasteiger partial charge in [0.25, 0.3) is 11.5 Å². The Labute approximate surface area is 165 Å². The Kier molecular flexibility index (Phi) is 4.34. The smallest absolute Gasteiger partial charge is 0.324 e. The second-order valence-corrected chi connectivity index (χ2v) is 7.34. The maximum absolute atomic E-state index is 12.8. The number of nitrogens with one attached hydrogen (secondary N) is 1. The lowest BCUT2D eigenvalue weighted by Crippen LogP contribution is -2.48. The van der Waals surface area contributed by atoms with Crippen molar-refractivity contribution in [3.63, 3.8) is 0 Å². The molecule has 3 aromatic rings. The fourth-order valence-corrected chi connectivity index (χ4v) is 3.71. The van der Waals surface area contributed by atoms with E-state index in [2.05, 4.69) is 4.98 Å². The molecule has 1 aromatic heterocycles. The molecule has 1 N–H and O–H groups in total. The maximum atomic E-state index is 12.8.